The fourth-order valence-electron chi connectivity index (χ4n) is 16.1. The second-order valence-electron chi connectivity index (χ2n) is 23.3. The van der Waals surface area contributed by atoms with E-state index in [9.17, 15) is 0 Å². The number of hydrogen-bond donors (Lipinski definition) is 0. The Morgan fingerprint density at radius 2 is 0.590 bits per heavy atom. The standard InChI is InChI=1S/C78H41BN2S2/c1-3-18-50-46(14-1)48-16-5-7-22-56(48)72-58(50)32-34-64-74(72)60-36-44(42-28-30-54-52-20-9-11-26-68(52)82-70(54)40-42)38-62-77(60)80(64)66-24-13-25-67-76(66)79(62)63-39-45(43-29-31-55-53-21-10-12-27-69(53)83-71(55)41-43)37-61-75-65(81(67)78(61)63)35-33-59-51-19-4-2-15-47(51)49-17-6-8-23-57(49)73(59)75/h1-41H. The number of benzene rings is 15. The summed E-state index contributed by atoms with van der Waals surface area (Å²) in [7, 11) is 0. The summed E-state index contributed by atoms with van der Waals surface area (Å²) >= 11 is 3.80. The van der Waals surface area contributed by atoms with Crippen LogP contribution in [0.25, 0.3) is 182 Å². The molecule has 21 rings (SSSR count). The van der Waals surface area contributed by atoms with E-state index in [2.05, 4.69) is 258 Å². The van der Waals surface area contributed by atoms with Crippen LogP contribution in [0.2, 0.25) is 0 Å². The fraction of sp³-hybridized carbons (Fsp3) is 0. The van der Waals surface area contributed by atoms with Crippen molar-refractivity contribution in [1.82, 2.24) is 9.13 Å². The van der Waals surface area contributed by atoms with Gasteiger partial charge < -0.3 is 9.13 Å². The minimum absolute atomic E-state index is 0.0893. The van der Waals surface area contributed by atoms with Gasteiger partial charge in [0.05, 0.1) is 11.0 Å². The average Bonchev–Trinajstić information content (AvgIpc) is 1.78. The van der Waals surface area contributed by atoms with E-state index in [1.807, 2.05) is 22.7 Å². The number of nitrogens with zero attached hydrogens (tertiary/aromatic N) is 2. The van der Waals surface area contributed by atoms with E-state index in [1.165, 1.54) is 199 Å². The first kappa shape index (κ1) is 43.7. The second kappa shape index (κ2) is 15.5. The largest absolute Gasteiger partial charge is 0.310 e. The number of aromatic nitrogens is 2. The van der Waals surface area contributed by atoms with Gasteiger partial charge in [-0.3, -0.25) is 0 Å². The van der Waals surface area contributed by atoms with Crippen LogP contribution in [0.1, 0.15) is 0 Å². The highest BCUT2D eigenvalue weighted by Crippen LogP contribution is 2.49. The SMILES string of the molecule is c1cc2c3c(c1)-n1c4ccc5c6ccccc6c6ccccc6c5c4c4cc(-c5ccc6c(c5)sc5ccccc56)cc(c41)B3c1cc(-c3ccc4c(c3)sc3ccccc34)cc3c4c5c6ccccc6c6ccccc6c5ccc4n-2c13. The van der Waals surface area contributed by atoms with Crippen molar-refractivity contribution in [3.63, 3.8) is 0 Å². The van der Waals surface area contributed by atoms with Crippen LogP contribution in [-0.2, 0) is 0 Å². The summed E-state index contributed by atoms with van der Waals surface area (Å²) in [6.07, 6.45) is 0. The molecule has 83 heavy (non-hydrogen) atoms. The maximum absolute atomic E-state index is 2.67. The van der Waals surface area contributed by atoms with Crippen molar-refractivity contribution in [2.24, 2.45) is 0 Å². The zero-order chi connectivity index (χ0) is 53.5. The number of rotatable bonds is 2. The van der Waals surface area contributed by atoms with E-state index < -0.39 is 0 Å². The Hall–Kier alpha value is -10.0. The van der Waals surface area contributed by atoms with E-state index in [0.29, 0.717) is 0 Å². The maximum Gasteiger partial charge on any atom is 0.252 e. The molecule has 4 aromatic heterocycles. The third-order valence-electron chi connectivity index (χ3n) is 19.4. The number of hydrogen-bond acceptors (Lipinski definition) is 2. The van der Waals surface area contributed by atoms with Crippen LogP contribution in [0, 0.1) is 0 Å². The van der Waals surface area contributed by atoms with Crippen LogP contribution in [0.3, 0.4) is 0 Å². The lowest BCUT2D eigenvalue weighted by molar-refractivity contribution is 1.14. The average molecular weight is 1080 g/mol. The molecule has 2 nitrogen and oxygen atoms in total. The highest BCUT2D eigenvalue weighted by atomic mass is 32.1. The molecule has 15 aromatic carbocycles. The molecule has 0 saturated heterocycles. The lowest BCUT2D eigenvalue weighted by Gasteiger charge is -2.34. The third-order valence-corrected chi connectivity index (χ3v) is 21.7. The van der Waals surface area contributed by atoms with Crippen LogP contribution in [0.5, 0.6) is 0 Å². The van der Waals surface area contributed by atoms with Gasteiger partial charge in [0.2, 0.25) is 0 Å². The van der Waals surface area contributed by atoms with Crippen molar-refractivity contribution in [1.29, 1.82) is 0 Å². The van der Waals surface area contributed by atoms with Crippen LogP contribution in [-0.4, -0.2) is 15.8 Å². The van der Waals surface area contributed by atoms with Gasteiger partial charge in [-0.05, 0) is 153 Å². The topological polar surface area (TPSA) is 9.86 Å². The highest BCUT2D eigenvalue weighted by molar-refractivity contribution is 7.26. The molecule has 0 N–H and O–H groups in total. The molecule has 2 aliphatic heterocycles. The van der Waals surface area contributed by atoms with Gasteiger partial charge in [0, 0.05) is 95.1 Å². The van der Waals surface area contributed by atoms with Gasteiger partial charge in [-0.15, -0.1) is 22.7 Å². The van der Waals surface area contributed by atoms with Crippen LogP contribution < -0.4 is 16.4 Å². The van der Waals surface area contributed by atoms with Crippen molar-refractivity contribution in [2.75, 3.05) is 0 Å². The zero-order valence-electron chi connectivity index (χ0n) is 44.5. The zero-order valence-corrected chi connectivity index (χ0v) is 46.1. The third kappa shape index (κ3) is 5.46. The Morgan fingerprint density at radius 1 is 0.241 bits per heavy atom. The molecule has 5 heteroatoms. The Labute approximate surface area is 482 Å². The fourth-order valence-corrected chi connectivity index (χ4v) is 18.4. The molecule has 19 aromatic rings. The van der Waals surface area contributed by atoms with E-state index >= 15 is 0 Å². The molecular weight excluding hydrogens is 1040 g/mol. The molecule has 378 valence electrons. The van der Waals surface area contributed by atoms with Gasteiger partial charge in [-0.1, -0.05) is 188 Å². The molecule has 0 unspecified atom stereocenters. The van der Waals surface area contributed by atoms with E-state index in [4.69, 9.17) is 0 Å². The lowest BCUT2D eigenvalue weighted by Crippen LogP contribution is -2.59. The Kier molecular flexibility index (Phi) is 8.16. The Balaban J connectivity index is 0.951. The smallest absolute Gasteiger partial charge is 0.252 e. The Bertz CT molecular complexity index is 5820. The quantitative estimate of drug-likeness (QED) is 0.121. The van der Waals surface area contributed by atoms with Crippen molar-refractivity contribution in [3.8, 4) is 33.6 Å². The second-order valence-corrected chi connectivity index (χ2v) is 25.5. The molecule has 0 fully saturated rings. The van der Waals surface area contributed by atoms with Crippen molar-refractivity contribution >= 4 is 194 Å². The Morgan fingerprint density at radius 3 is 1.02 bits per heavy atom. The predicted molar refractivity (Wildman–Crippen MR) is 361 cm³/mol. The van der Waals surface area contributed by atoms with Gasteiger partial charge >= 0.3 is 0 Å². The monoisotopic (exact) mass is 1080 g/mol. The predicted octanol–water partition coefficient (Wildman–Crippen LogP) is 20.0. The molecule has 0 spiro atoms. The molecule has 0 aliphatic carbocycles. The van der Waals surface area contributed by atoms with Crippen LogP contribution in [0.15, 0.2) is 249 Å². The summed E-state index contributed by atoms with van der Waals surface area (Å²) in [6, 6.07) is 95.7. The molecule has 0 atom stereocenters. The molecule has 0 amide bonds. The van der Waals surface area contributed by atoms with E-state index in [-0.39, 0.29) is 6.71 Å². The first-order valence-electron chi connectivity index (χ1n) is 28.8. The van der Waals surface area contributed by atoms with Crippen molar-refractivity contribution in [3.05, 3.63) is 249 Å². The van der Waals surface area contributed by atoms with Gasteiger partial charge in [0.15, 0.2) is 0 Å². The van der Waals surface area contributed by atoms with Crippen molar-refractivity contribution in [2.45, 2.75) is 0 Å². The molecule has 2 aliphatic rings. The summed E-state index contributed by atoms with van der Waals surface area (Å²) in [5.41, 5.74) is 16.6. The molecule has 0 bridgehead atoms. The van der Waals surface area contributed by atoms with E-state index in [0.717, 1.165) is 0 Å². The van der Waals surface area contributed by atoms with Gasteiger partial charge in [0.25, 0.3) is 6.71 Å². The number of thiophene rings is 2. The summed E-state index contributed by atoms with van der Waals surface area (Å²) in [5.74, 6) is 0. The van der Waals surface area contributed by atoms with Crippen LogP contribution in [0.4, 0.5) is 0 Å². The molecular formula is C78H41BN2S2. The van der Waals surface area contributed by atoms with Gasteiger partial charge in [-0.2, -0.15) is 0 Å². The highest BCUT2D eigenvalue weighted by Gasteiger charge is 2.42. The minimum Gasteiger partial charge on any atom is -0.310 e. The molecule has 6 heterocycles. The normalized spacial score (nSPS) is 13.0. The number of fused-ring (bicyclic) bond motifs is 30. The van der Waals surface area contributed by atoms with E-state index in [1.54, 1.807) is 0 Å². The summed E-state index contributed by atoms with van der Waals surface area (Å²) in [4.78, 5) is 0. The summed E-state index contributed by atoms with van der Waals surface area (Å²) < 4.78 is 10.6. The molecule has 0 radical (unpaired) electrons. The van der Waals surface area contributed by atoms with Crippen molar-refractivity contribution < 1.29 is 0 Å². The maximum atomic E-state index is 2.67. The lowest BCUT2D eigenvalue weighted by atomic mass is 9.34. The first-order chi connectivity index (χ1) is 41.2. The van der Waals surface area contributed by atoms with Gasteiger partial charge in [0.1, 0.15) is 0 Å². The van der Waals surface area contributed by atoms with Crippen LogP contribution >= 0.6 is 22.7 Å². The summed E-state index contributed by atoms with van der Waals surface area (Å²) in [5, 5.41) is 26.0. The first-order valence-corrected chi connectivity index (χ1v) is 30.5. The molecule has 0 saturated carbocycles. The van der Waals surface area contributed by atoms with Gasteiger partial charge in [-0.25, -0.2) is 0 Å². The summed E-state index contributed by atoms with van der Waals surface area (Å²) in [6.45, 7) is -0.0893. The minimum atomic E-state index is -0.0893.